The summed E-state index contributed by atoms with van der Waals surface area (Å²) in [5.41, 5.74) is -2.61. The molecule has 5 amide bonds. The molecule has 2 fully saturated rings. The molecule has 1 atom stereocenters. The van der Waals surface area contributed by atoms with Gasteiger partial charge in [0.2, 0.25) is 5.91 Å². The van der Waals surface area contributed by atoms with Gasteiger partial charge in [-0.15, -0.1) is 0 Å². The van der Waals surface area contributed by atoms with Crippen LogP contribution in [-0.2, 0) is 15.8 Å². The summed E-state index contributed by atoms with van der Waals surface area (Å²) in [6.45, 7) is 5.78. The van der Waals surface area contributed by atoms with Crippen LogP contribution in [0.25, 0.3) is 0 Å². The average Bonchev–Trinajstić information content (AvgIpc) is 3.11. The molecule has 2 saturated heterocycles. The van der Waals surface area contributed by atoms with E-state index in [0.717, 1.165) is 4.90 Å². The van der Waals surface area contributed by atoms with Crippen molar-refractivity contribution in [2.24, 2.45) is 5.92 Å². The number of urea groups is 1. The summed E-state index contributed by atoms with van der Waals surface area (Å²) in [6.07, 6.45) is -4.61. The summed E-state index contributed by atoms with van der Waals surface area (Å²) < 4.78 is 58.8. The van der Waals surface area contributed by atoms with Crippen LogP contribution in [0.15, 0.2) is 42.5 Å². The van der Waals surface area contributed by atoms with E-state index >= 15 is 0 Å². The number of ether oxygens (including phenoxy) is 1. The number of alkyl halides is 3. The second-order valence-corrected chi connectivity index (χ2v) is 10.7. The van der Waals surface area contributed by atoms with Gasteiger partial charge in [0, 0.05) is 31.4 Å². The Kier molecular flexibility index (Phi) is 8.51. The van der Waals surface area contributed by atoms with Gasteiger partial charge in [-0.05, 0) is 68.1 Å². The van der Waals surface area contributed by atoms with Crippen molar-refractivity contribution < 1.29 is 41.5 Å². The fourth-order valence-corrected chi connectivity index (χ4v) is 5.40. The van der Waals surface area contributed by atoms with Crippen LogP contribution in [0.3, 0.4) is 0 Å². The smallest absolute Gasteiger partial charge is 0.416 e. The zero-order chi connectivity index (χ0) is 31.0. The molecule has 1 unspecified atom stereocenters. The van der Waals surface area contributed by atoms with E-state index in [1.807, 2.05) is 6.92 Å². The number of imide groups is 1. The van der Waals surface area contributed by atoms with Gasteiger partial charge in [-0.25, -0.2) is 9.18 Å². The minimum Gasteiger partial charge on any atom is -0.494 e. The number of likely N-dealkylation sites (tertiary alicyclic amines) is 1. The molecule has 2 aliphatic rings. The van der Waals surface area contributed by atoms with E-state index < -0.39 is 64.4 Å². The molecule has 0 radical (unpaired) electrons. The molecule has 2 heterocycles. The normalized spacial score (nSPS) is 17.7. The predicted octanol–water partition coefficient (Wildman–Crippen LogP) is 4.46. The molecule has 2 aromatic rings. The second kappa shape index (κ2) is 11.6. The maximum absolute atomic E-state index is 13.9. The predicted molar refractivity (Wildman–Crippen MR) is 144 cm³/mol. The summed E-state index contributed by atoms with van der Waals surface area (Å²) in [7, 11) is 1.40. The molecule has 13 heteroatoms. The van der Waals surface area contributed by atoms with Crippen molar-refractivity contribution in [3.05, 3.63) is 59.4 Å². The van der Waals surface area contributed by atoms with Crippen molar-refractivity contribution in [2.45, 2.75) is 51.4 Å². The number of rotatable bonds is 7. The number of carbonyl (C=O) groups excluding carboxylic acids is 4. The van der Waals surface area contributed by atoms with Gasteiger partial charge in [0.15, 0.2) is 0 Å². The molecule has 1 N–H and O–H groups in total. The molecule has 0 bridgehead atoms. The van der Waals surface area contributed by atoms with Gasteiger partial charge in [0.05, 0.1) is 12.2 Å². The Morgan fingerprint density at radius 2 is 1.67 bits per heavy atom. The first-order chi connectivity index (χ1) is 19.7. The minimum atomic E-state index is -4.86. The number of halogens is 4. The van der Waals surface area contributed by atoms with Crippen molar-refractivity contribution in [3.8, 4) is 5.75 Å². The first-order valence-corrected chi connectivity index (χ1v) is 13.5. The van der Waals surface area contributed by atoms with E-state index in [2.05, 4.69) is 5.32 Å². The molecule has 226 valence electrons. The number of amides is 5. The summed E-state index contributed by atoms with van der Waals surface area (Å²) in [6, 6.07) is 6.64. The number of anilines is 1. The quantitative estimate of drug-likeness (QED) is 0.378. The van der Waals surface area contributed by atoms with E-state index in [0.29, 0.717) is 30.2 Å². The number of carbonyl (C=O) groups is 4. The Balaban J connectivity index is 1.52. The van der Waals surface area contributed by atoms with E-state index in [-0.39, 0.29) is 32.0 Å². The fraction of sp³-hybridized carbons (Fsp3) is 0.448. The Hall–Kier alpha value is -4.16. The topological polar surface area (TPSA) is 99.3 Å². The molecule has 0 aromatic heterocycles. The SMILES string of the molecule is CCOc1ccc(N2C(=O)N(C)C(=O)C23CCN(C(=O)C(NC(=O)c2cc(F)cc(C(F)(F)F)c2)C(C)C)CC3)cc1. The van der Waals surface area contributed by atoms with Crippen molar-refractivity contribution in [1.82, 2.24) is 15.1 Å². The molecule has 0 aliphatic carbocycles. The summed E-state index contributed by atoms with van der Waals surface area (Å²) in [5, 5.41) is 2.45. The summed E-state index contributed by atoms with van der Waals surface area (Å²) >= 11 is 0. The van der Waals surface area contributed by atoms with Crippen LogP contribution in [0.4, 0.5) is 28.0 Å². The standard InChI is InChI=1S/C29H32F4N4O5/c1-5-42-22-8-6-21(7-9-22)37-27(41)35(4)26(40)28(37)10-12-36(13-11-28)25(39)23(17(2)3)34-24(38)18-14-19(29(31,32)33)16-20(30)15-18/h6-9,14-17,23H,5,10-13H2,1-4H3,(H,34,38). The van der Waals surface area contributed by atoms with Crippen LogP contribution < -0.4 is 15.0 Å². The number of benzene rings is 2. The van der Waals surface area contributed by atoms with E-state index in [9.17, 15) is 36.7 Å². The number of hydrogen-bond donors (Lipinski definition) is 1. The van der Waals surface area contributed by atoms with Crippen molar-refractivity contribution in [3.63, 3.8) is 0 Å². The lowest BCUT2D eigenvalue weighted by Gasteiger charge is -2.43. The highest BCUT2D eigenvalue weighted by atomic mass is 19.4. The molecule has 2 aromatic carbocycles. The van der Waals surface area contributed by atoms with E-state index in [1.54, 1.807) is 38.1 Å². The lowest BCUT2D eigenvalue weighted by Crippen LogP contribution is -2.60. The van der Waals surface area contributed by atoms with Crippen LogP contribution >= 0.6 is 0 Å². The Labute approximate surface area is 240 Å². The fourth-order valence-electron chi connectivity index (χ4n) is 5.40. The zero-order valence-electron chi connectivity index (χ0n) is 23.6. The summed E-state index contributed by atoms with van der Waals surface area (Å²) in [4.78, 5) is 56.8. The number of likely N-dealkylation sites (N-methyl/N-ethyl adjacent to an activating group) is 1. The van der Waals surface area contributed by atoms with Crippen LogP contribution in [0.5, 0.6) is 5.75 Å². The molecule has 42 heavy (non-hydrogen) atoms. The number of nitrogens with one attached hydrogen (secondary N) is 1. The molecule has 1 spiro atoms. The lowest BCUT2D eigenvalue weighted by molar-refractivity contribution is -0.139. The number of nitrogens with zero attached hydrogens (tertiary/aromatic N) is 3. The van der Waals surface area contributed by atoms with E-state index in [1.165, 1.54) is 16.8 Å². The van der Waals surface area contributed by atoms with Gasteiger partial charge in [0.1, 0.15) is 23.1 Å². The Bertz CT molecular complexity index is 1370. The van der Waals surface area contributed by atoms with E-state index in [4.69, 9.17) is 4.74 Å². The third-order valence-corrected chi connectivity index (χ3v) is 7.62. The highest BCUT2D eigenvalue weighted by molar-refractivity contribution is 6.16. The highest BCUT2D eigenvalue weighted by Crippen LogP contribution is 2.41. The van der Waals surface area contributed by atoms with Crippen LogP contribution in [-0.4, -0.2) is 71.9 Å². The molecule has 4 rings (SSSR count). The van der Waals surface area contributed by atoms with Gasteiger partial charge in [-0.3, -0.25) is 24.2 Å². The van der Waals surface area contributed by atoms with Gasteiger partial charge >= 0.3 is 12.2 Å². The van der Waals surface area contributed by atoms with Crippen LogP contribution in [0.1, 0.15) is 49.5 Å². The van der Waals surface area contributed by atoms with Gasteiger partial charge < -0.3 is 15.0 Å². The van der Waals surface area contributed by atoms with Gasteiger partial charge in [0.25, 0.3) is 11.8 Å². The Morgan fingerprint density at radius 1 is 1.05 bits per heavy atom. The zero-order valence-corrected chi connectivity index (χ0v) is 23.6. The average molecular weight is 593 g/mol. The van der Waals surface area contributed by atoms with Crippen molar-refractivity contribution in [2.75, 3.05) is 31.6 Å². The van der Waals surface area contributed by atoms with Crippen molar-refractivity contribution >= 4 is 29.4 Å². The monoisotopic (exact) mass is 592 g/mol. The summed E-state index contributed by atoms with van der Waals surface area (Å²) in [5.74, 6) is -3.01. The largest absolute Gasteiger partial charge is 0.494 e. The second-order valence-electron chi connectivity index (χ2n) is 10.7. The molecule has 0 saturated carbocycles. The molecular formula is C29H32F4N4O5. The Morgan fingerprint density at radius 3 is 2.21 bits per heavy atom. The third-order valence-electron chi connectivity index (χ3n) is 7.62. The lowest BCUT2D eigenvalue weighted by atomic mass is 9.85. The van der Waals surface area contributed by atoms with Crippen molar-refractivity contribution in [1.29, 1.82) is 0 Å². The van der Waals surface area contributed by atoms with Crippen LogP contribution in [0, 0.1) is 11.7 Å². The van der Waals surface area contributed by atoms with Gasteiger partial charge in [-0.1, -0.05) is 13.8 Å². The molecule has 9 nitrogen and oxygen atoms in total. The maximum atomic E-state index is 13.9. The molecule has 2 aliphatic heterocycles. The highest BCUT2D eigenvalue weighted by Gasteiger charge is 2.58. The molecular weight excluding hydrogens is 560 g/mol. The number of hydrogen-bond acceptors (Lipinski definition) is 5. The number of piperidine rings is 1. The van der Waals surface area contributed by atoms with Gasteiger partial charge in [-0.2, -0.15) is 13.2 Å². The first kappa shape index (κ1) is 30.8. The maximum Gasteiger partial charge on any atom is 0.416 e. The minimum absolute atomic E-state index is 0.0799. The first-order valence-electron chi connectivity index (χ1n) is 13.5. The van der Waals surface area contributed by atoms with Crippen LogP contribution in [0.2, 0.25) is 0 Å². The third kappa shape index (κ3) is 5.77.